The molecule has 172 valence electrons. The van der Waals surface area contributed by atoms with Crippen LogP contribution in [0.1, 0.15) is 45.8 Å². The van der Waals surface area contributed by atoms with Crippen molar-refractivity contribution >= 4 is 28.1 Å². The third-order valence-corrected chi connectivity index (χ3v) is 7.56. The molecule has 3 aromatic rings. The first kappa shape index (κ1) is 22.1. The molecule has 7 heteroatoms. The fourth-order valence-corrected chi connectivity index (χ4v) is 5.25. The van der Waals surface area contributed by atoms with Crippen molar-refractivity contribution in [2.24, 2.45) is 0 Å². The summed E-state index contributed by atoms with van der Waals surface area (Å²) in [7, 11) is 2.19. The molecule has 2 aromatic carbocycles. The summed E-state index contributed by atoms with van der Waals surface area (Å²) < 4.78 is 0. The highest BCUT2D eigenvalue weighted by atomic mass is 32.1. The van der Waals surface area contributed by atoms with Gasteiger partial charge in [-0.25, -0.2) is 4.98 Å². The second kappa shape index (κ2) is 9.25. The molecule has 0 radical (unpaired) electrons. The Morgan fingerprint density at radius 3 is 2.64 bits per heavy atom. The highest BCUT2D eigenvalue weighted by Gasteiger charge is 2.27. The molecule has 5 rings (SSSR count). The zero-order valence-corrected chi connectivity index (χ0v) is 20.1. The van der Waals surface area contributed by atoms with E-state index in [9.17, 15) is 4.79 Å². The van der Waals surface area contributed by atoms with Gasteiger partial charge in [-0.1, -0.05) is 23.5 Å². The number of thiazole rings is 1. The van der Waals surface area contributed by atoms with Crippen molar-refractivity contribution in [2.45, 2.75) is 32.2 Å². The van der Waals surface area contributed by atoms with Crippen molar-refractivity contribution < 1.29 is 4.79 Å². The lowest BCUT2D eigenvalue weighted by Gasteiger charge is -2.32. The number of piperazine rings is 1. The predicted octanol–water partition coefficient (Wildman–Crippen LogP) is 4.58. The first-order valence-electron chi connectivity index (χ1n) is 11.6. The normalized spacial score (nSPS) is 17.3. The Hall–Kier alpha value is -2.74. The van der Waals surface area contributed by atoms with Crippen molar-refractivity contribution in [3.63, 3.8) is 0 Å². The van der Waals surface area contributed by atoms with E-state index in [0.717, 1.165) is 54.4 Å². The third kappa shape index (κ3) is 5.11. The van der Waals surface area contributed by atoms with Gasteiger partial charge in [-0.3, -0.25) is 9.69 Å². The van der Waals surface area contributed by atoms with E-state index >= 15 is 0 Å². The number of nitrogens with two attached hydrogens (primary N) is 1. The van der Waals surface area contributed by atoms with E-state index in [1.54, 1.807) is 6.20 Å². The summed E-state index contributed by atoms with van der Waals surface area (Å²) in [5, 5.41) is 3.66. The van der Waals surface area contributed by atoms with Crippen LogP contribution in [0.5, 0.6) is 0 Å². The highest BCUT2D eigenvalue weighted by molar-refractivity contribution is 7.18. The van der Waals surface area contributed by atoms with E-state index in [1.807, 2.05) is 31.2 Å². The molecule has 2 fully saturated rings. The van der Waals surface area contributed by atoms with Crippen LogP contribution in [0, 0.1) is 6.92 Å². The number of nitrogens with one attached hydrogen (secondary N) is 1. The van der Waals surface area contributed by atoms with Crippen molar-refractivity contribution in [1.82, 2.24) is 14.8 Å². The number of aryl methyl sites for hydroxylation is 1. The Labute approximate surface area is 199 Å². The number of nitrogens with zero attached hydrogens (tertiary/aromatic N) is 3. The van der Waals surface area contributed by atoms with Crippen molar-refractivity contribution in [3.8, 4) is 10.4 Å². The SMILES string of the molecule is Cc1ccc(C(=O)Nc2ccc(CN3CCN(C)CC3)c(C3CC3)c2)cc1-c1cnc(N)s1. The summed E-state index contributed by atoms with van der Waals surface area (Å²) in [5.74, 6) is 0.536. The van der Waals surface area contributed by atoms with Crippen LogP contribution in [0.4, 0.5) is 10.8 Å². The Morgan fingerprint density at radius 2 is 1.94 bits per heavy atom. The molecule has 1 aliphatic heterocycles. The predicted molar refractivity (Wildman–Crippen MR) is 136 cm³/mol. The molecule has 1 aromatic heterocycles. The lowest BCUT2D eigenvalue weighted by molar-refractivity contribution is 0.102. The van der Waals surface area contributed by atoms with Crippen LogP contribution in [-0.2, 0) is 6.54 Å². The van der Waals surface area contributed by atoms with Gasteiger partial charge in [0.05, 0.1) is 4.88 Å². The van der Waals surface area contributed by atoms with E-state index in [-0.39, 0.29) is 5.91 Å². The van der Waals surface area contributed by atoms with Crippen LogP contribution in [-0.4, -0.2) is 53.9 Å². The van der Waals surface area contributed by atoms with Crippen LogP contribution >= 0.6 is 11.3 Å². The van der Waals surface area contributed by atoms with Gasteiger partial charge in [0.1, 0.15) is 0 Å². The molecule has 1 saturated carbocycles. The molecule has 0 unspecified atom stereocenters. The maximum Gasteiger partial charge on any atom is 0.255 e. The fraction of sp³-hybridized carbons (Fsp3) is 0.385. The number of benzene rings is 2. The van der Waals surface area contributed by atoms with Crippen molar-refractivity contribution in [1.29, 1.82) is 0 Å². The van der Waals surface area contributed by atoms with Gasteiger partial charge in [0.15, 0.2) is 5.13 Å². The number of aromatic nitrogens is 1. The largest absolute Gasteiger partial charge is 0.375 e. The van der Waals surface area contributed by atoms with E-state index < -0.39 is 0 Å². The molecule has 1 amide bonds. The monoisotopic (exact) mass is 461 g/mol. The van der Waals surface area contributed by atoms with Gasteiger partial charge in [-0.2, -0.15) is 0 Å². The molecule has 3 N–H and O–H groups in total. The first-order chi connectivity index (χ1) is 16.0. The van der Waals surface area contributed by atoms with Gasteiger partial charge < -0.3 is 16.0 Å². The van der Waals surface area contributed by atoms with Crippen LogP contribution in [0.2, 0.25) is 0 Å². The molecule has 1 saturated heterocycles. The standard InChI is InChI=1S/C26H31N5OS/c1-17-3-4-19(13-22(17)24-15-28-26(27)33-24)25(32)29-21-8-7-20(23(14-21)18-5-6-18)16-31-11-9-30(2)10-12-31/h3-4,7-8,13-15,18H,5-6,9-12,16H2,1-2H3,(H2,27,28)(H,29,32). The van der Waals surface area contributed by atoms with E-state index in [0.29, 0.717) is 16.6 Å². The third-order valence-electron chi connectivity index (χ3n) is 6.70. The molecular weight excluding hydrogens is 430 g/mol. The molecule has 0 atom stereocenters. The molecular formula is C26H31N5OS. The molecule has 6 nitrogen and oxygen atoms in total. The summed E-state index contributed by atoms with van der Waals surface area (Å²) in [6.07, 6.45) is 4.25. The van der Waals surface area contributed by atoms with Crippen molar-refractivity contribution in [2.75, 3.05) is 44.3 Å². The van der Waals surface area contributed by atoms with E-state index in [4.69, 9.17) is 5.73 Å². The lowest BCUT2D eigenvalue weighted by atomic mass is 10.0. The molecule has 33 heavy (non-hydrogen) atoms. The van der Waals surface area contributed by atoms with Crippen LogP contribution in [0.25, 0.3) is 10.4 Å². The van der Waals surface area contributed by atoms with Crippen LogP contribution < -0.4 is 11.1 Å². The van der Waals surface area contributed by atoms with Crippen molar-refractivity contribution in [3.05, 3.63) is 64.8 Å². The Kier molecular flexibility index (Phi) is 6.19. The first-order valence-corrected chi connectivity index (χ1v) is 12.5. The number of carbonyl (C=O) groups is 1. The second-order valence-electron chi connectivity index (χ2n) is 9.31. The molecule has 0 bridgehead atoms. The summed E-state index contributed by atoms with van der Waals surface area (Å²) >= 11 is 1.44. The molecule has 1 aliphatic carbocycles. The molecule has 2 heterocycles. The van der Waals surface area contributed by atoms with Gasteiger partial charge in [0.2, 0.25) is 0 Å². The van der Waals surface area contributed by atoms with Gasteiger partial charge in [0, 0.05) is 50.2 Å². The minimum atomic E-state index is -0.0951. The number of hydrogen-bond acceptors (Lipinski definition) is 6. The topological polar surface area (TPSA) is 74.5 Å². The number of hydrogen-bond donors (Lipinski definition) is 2. The highest BCUT2D eigenvalue weighted by Crippen LogP contribution is 2.43. The van der Waals surface area contributed by atoms with Gasteiger partial charge in [-0.15, -0.1) is 0 Å². The minimum absolute atomic E-state index is 0.0951. The number of anilines is 2. The lowest BCUT2D eigenvalue weighted by Crippen LogP contribution is -2.44. The minimum Gasteiger partial charge on any atom is -0.375 e. The summed E-state index contributed by atoms with van der Waals surface area (Å²) in [5.41, 5.74) is 12.2. The Balaban J connectivity index is 1.33. The summed E-state index contributed by atoms with van der Waals surface area (Å²) in [6.45, 7) is 7.50. The molecule has 2 aliphatic rings. The van der Waals surface area contributed by atoms with Gasteiger partial charge in [-0.05, 0) is 79.3 Å². The van der Waals surface area contributed by atoms with Crippen LogP contribution in [0.3, 0.4) is 0 Å². The number of rotatable bonds is 6. The maximum absolute atomic E-state index is 13.1. The van der Waals surface area contributed by atoms with E-state index in [1.165, 1.54) is 35.3 Å². The smallest absolute Gasteiger partial charge is 0.255 e. The fourth-order valence-electron chi connectivity index (χ4n) is 4.48. The maximum atomic E-state index is 13.1. The quantitative estimate of drug-likeness (QED) is 0.562. The Bertz CT molecular complexity index is 1160. The van der Waals surface area contributed by atoms with Gasteiger partial charge >= 0.3 is 0 Å². The van der Waals surface area contributed by atoms with E-state index in [2.05, 4.69) is 39.3 Å². The second-order valence-corrected chi connectivity index (χ2v) is 10.4. The summed E-state index contributed by atoms with van der Waals surface area (Å²) in [4.78, 5) is 23.1. The number of carbonyl (C=O) groups excluding carboxylic acids is 1. The van der Waals surface area contributed by atoms with Crippen LogP contribution in [0.15, 0.2) is 42.6 Å². The number of likely N-dealkylation sites (N-methyl/N-ethyl adjacent to an activating group) is 1. The zero-order chi connectivity index (χ0) is 22.9. The number of amides is 1. The summed E-state index contributed by atoms with van der Waals surface area (Å²) in [6, 6.07) is 12.2. The van der Waals surface area contributed by atoms with Gasteiger partial charge in [0.25, 0.3) is 5.91 Å². The Morgan fingerprint density at radius 1 is 1.15 bits per heavy atom. The average Bonchev–Trinajstić information content (AvgIpc) is 3.57. The molecule has 0 spiro atoms. The zero-order valence-electron chi connectivity index (χ0n) is 19.3. The average molecular weight is 462 g/mol. The number of nitrogen functional groups attached to an aromatic ring is 1.